The maximum absolute atomic E-state index is 13.5. The summed E-state index contributed by atoms with van der Waals surface area (Å²) in [7, 11) is -2.44. The highest BCUT2D eigenvalue weighted by atomic mass is 32.2. The highest BCUT2D eigenvalue weighted by molar-refractivity contribution is 7.89. The number of hydrogen-bond acceptors (Lipinski definition) is 5. The van der Waals surface area contributed by atoms with E-state index in [-0.39, 0.29) is 16.6 Å². The molecule has 1 fully saturated rings. The number of piperidine rings is 1. The SMILES string of the molecule is COc1ccc(F)cc1S(=O)(=O)NCC1CCN(Cc2ccsc2)CC1. The quantitative estimate of drug-likeness (QED) is 0.779. The molecule has 0 unspecified atom stereocenters. The molecule has 0 spiro atoms. The van der Waals surface area contributed by atoms with Crippen molar-refractivity contribution in [3.8, 4) is 5.75 Å². The smallest absolute Gasteiger partial charge is 0.244 e. The largest absolute Gasteiger partial charge is 0.495 e. The van der Waals surface area contributed by atoms with Crippen LogP contribution in [0, 0.1) is 11.7 Å². The summed E-state index contributed by atoms with van der Waals surface area (Å²) >= 11 is 1.70. The van der Waals surface area contributed by atoms with E-state index in [1.54, 1.807) is 11.3 Å². The Bertz CT molecular complexity index is 817. The lowest BCUT2D eigenvalue weighted by Crippen LogP contribution is -2.38. The number of nitrogens with one attached hydrogen (secondary N) is 1. The van der Waals surface area contributed by atoms with Crippen LogP contribution in [0.1, 0.15) is 18.4 Å². The third-order valence-electron chi connectivity index (χ3n) is 4.67. The normalized spacial score (nSPS) is 16.7. The molecule has 0 aliphatic carbocycles. The Kier molecular flexibility index (Phi) is 6.29. The Labute approximate surface area is 157 Å². The van der Waals surface area contributed by atoms with Crippen molar-refractivity contribution in [2.75, 3.05) is 26.7 Å². The molecule has 26 heavy (non-hydrogen) atoms. The van der Waals surface area contributed by atoms with Crippen LogP contribution in [0.5, 0.6) is 5.75 Å². The van der Waals surface area contributed by atoms with Crippen molar-refractivity contribution >= 4 is 21.4 Å². The van der Waals surface area contributed by atoms with Crippen molar-refractivity contribution in [3.05, 3.63) is 46.4 Å². The van der Waals surface area contributed by atoms with E-state index in [4.69, 9.17) is 4.74 Å². The molecule has 5 nitrogen and oxygen atoms in total. The molecule has 8 heteroatoms. The molecule has 2 aromatic rings. The Balaban J connectivity index is 1.54. The highest BCUT2D eigenvalue weighted by Crippen LogP contribution is 2.25. The number of nitrogens with zero attached hydrogens (tertiary/aromatic N) is 1. The number of sulfonamides is 1. The third kappa shape index (κ3) is 4.82. The van der Waals surface area contributed by atoms with Gasteiger partial charge in [-0.2, -0.15) is 11.3 Å². The molecule has 0 saturated carbocycles. The average Bonchev–Trinajstić information content (AvgIpc) is 3.14. The fourth-order valence-electron chi connectivity index (χ4n) is 3.16. The second-order valence-corrected chi connectivity index (χ2v) is 9.01. The van der Waals surface area contributed by atoms with Crippen molar-refractivity contribution < 1.29 is 17.5 Å². The summed E-state index contributed by atoms with van der Waals surface area (Å²) in [5, 5.41) is 4.24. The second-order valence-electron chi connectivity index (χ2n) is 6.50. The van der Waals surface area contributed by atoms with Gasteiger partial charge >= 0.3 is 0 Å². The number of rotatable bonds is 7. The second kappa shape index (κ2) is 8.47. The van der Waals surface area contributed by atoms with E-state index < -0.39 is 15.8 Å². The highest BCUT2D eigenvalue weighted by Gasteiger charge is 2.24. The first-order valence-electron chi connectivity index (χ1n) is 8.54. The van der Waals surface area contributed by atoms with Crippen molar-refractivity contribution in [3.63, 3.8) is 0 Å². The lowest BCUT2D eigenvalue weighted by molar-refractivity contribution is 0.178. The summed E-state index contributed by atoms with van der Waals surface area (Å²) in [5.74, 6) is -0.180. The minimum Gasteiger partial charge on any atom is -0.495 e. The number of thiophene rings is 1. The Morgan fingerprint density at radius 3 is 2.73 bits per heavy atom. The zero-order valence-electron chi connectivity index (χ0n) is 14.7. The summed E-state index contributed by atoms with van der Waals surface area (Å²) in [6.07, 6.45) is 1.87. The number of benzene rings is 1. The van der Waals surface area contributed by atoms with E-state index in [0.29, 0.717) is 6.54 Å². The van der Waals surface area contributed by atoms with Crippen LogP contribution in [-0.4, -0.2) is 40.1 Å². The molecule has 3 rings (SSSR count). The van der Waals surface area contributed by atoms with Gasteiger partial charge in [-0.05, 0) is 72.4 Å². The predicted octanol–water partition coefficient (Wildman–Crippen LogP) is 3.09. The van der Waals surface area contributed by atoms with Crippen LogP contribution >= 0.6 is 11.3 Å². The first-order valence-corrected chi connectivity index (χ1v) is 11.0. The molecule has 1 aromatic heterocycles. The molecule has 0 amide bonds. The average molecular weight is 399 g/mol. The van der Waals surface area contributed by atoms with Crippen molar-refractivity contribution in [2.24, 2.45) is 5.92 Å². The first kappa shape index (κ1) is 19.3. The van der Waals surface area contributed by atoms with Gasteiger partial charge in [0.05, 0.1) is 7.11 Å². The summed E-state index contributed by atoms with van der Waals surface area (Å²) < 4.78 is 46.2. The Morgan fingerprint density at radius 2 is 2.08 bits per heavy atom. The maximum atomic E-state index is 13.5. The predicted molar refractivity (Wildman–Crippen MR) is 100 cm³/mol. The van der Waals surface area contributed by atoms with E-state index in [1.165, 1.54) is 24.8 Å². The van der Waals surface area contributed by atoms with Gasteiger partial charge < -0.3 is 4.74 Å². The molecule has 1 saturated heterocycles. The van der Waals surface area contributed by atoms with Crippen LogP contribution in [0.4, 0.5) is 4.39 Å². The van der Waals surface area contributed by atoms with E-state index >= 15 is 0 Å². The van der Waals surface area contributed by atoms with Crippen LogP contribution in [-0.2, 0) is 16.6 Å². The molecular formula is C18H23FN2O3S2. The lowest BCUT2D eigenvalue weighted by Gasteiger charge is -2.31. The van der Waals surface area contributed by atoms with Crippen LogP contribution in [0.2, 0.25) is 0 Å². The van der Waals surface area contributed by atoms with Crippen molar-refractivity contribution in [1.29, 1.82) is 0 Å². The summed E-state index contributed by atoms with van der Waals surface area (Å²) in [5.41, 5.74) is 1.33. The maximum Gasteiger partial charge on any atom is 0.244 e. The molecular weight excluding hydrogens is 375 g/mol. The number of ether oxygens (including phenoxy) is 1. The van der Waals surface area contributed by atoms with Crippen LogP contribution in [0.15, 0.2) is 39.9 Å². The van der Waals surface area contributed by atoms with Gasteiger partial charge in [0.2, 0.25) is 10.0 Å². The van der Waals surface area contributed by atoms with Crippen LogP contribution in [0.3, 0.4) is 0 Å². The van der Waals surface area contributed by atoms with E-state index in [2.05, 4.69) is 26.4 Å². The van der Waals surface area contributed by atoms with Gasteiger partial charge in [-0.3, -0.25) is 4.90 Å². The molecule has 0 bridgehead atoms. The number of methoxy groups -OCH3 is 1. The van der Waals surface area contributed by atoms with Gasteiger partial charge in [0.1, 0.15) is 16.5 Å². The standard InChI is InChI=1S/C18H23FN2O3S2/c1-24-17-3-2-16(19)10-18(17)26(22,23)20-11-14-4-7-21(8-5-14)12-15-6-9-25-13-15/h2-3,6,9-10,13-14,20H,4-5,7-8,11-12H2,1H3. The van der Waals surface area contributed by atoms with Gasteiger partial charge in [-0.15, -0.1) is 0 Å². The van der Waals surface area contributed by atoms with Gasteiger partial charge in [0, 0.05) is 13.1 Å². The number of hydrogen-bond donors (Lipinski definition) is 1. The summed E-state index contributed by atoms with van der Waals surface area (Å²) in [6, 6.07) is 5.63. The molecule has 142 valence electrons. The van der Waals surface area contributed by atoms with Gasteiger partial charge in [0.15, 0.2) is 0 Å². The minimum absolute atomic E-state index is 0.143. The molecule has 0 atom stereocenters. The molecule has 1 aromatic carbocycles. The number of halogens is 1. The summed E-state index contributed by atoms with van der Waals surface area (Å²) in [6.45, 7) is 3.20. The molecule has 2 heterocycles. The van der Waals surface area contributed by atoms with E-state index in [1.807, 2.05) is 0 Å². The molecule has 0 radical (unpaired) electrons. The van der Waals surface area contributed by atoms with Crippen LogP contribution in [0.25, 0.3) is 0 Å². The lowest BCUT2D eigenvalue weighted by atomic mass is 9.97. The Hall–Kier alpha value is -1.48. The van der Waals surface area contributed by atoms with E-state index in [9.17, 15) is 12.8 Å². The summed E-state index contributed by atoms with van der Waals surface area (Å²) in [4.78, 5) is 2.23. The zero-order valence-corrected chi connectivity index (χ0v) is 16.3. The molecule has 1 aliphatic heterocycles. The first-order chi connectivity index (χ1) is 12.5. The topological polar surface area (TPSA) is 58.6 Å². The van der Waals surface area contributed by atoms with Crippen molar-refractivity contribution in [1.82, 2.24) is 9.62 Å². The minimum atomic E-state index is -3.81. The third-order valence-corrected chi connectivity index (χ3v) is 6.85. The monoisotopic (exact) mass is 398 g/mol. The van der Waals surface area contributed by atoms with Gasteiger partial charge in [-0.1, -0.05) is 0 Å². The van der Waals surface area contributed by atoms with Gasteiger partial charge in [0.25, 0.3) is 0 Å². The molecule has 1 N–H and O–H groups in total. The number of likely N-dealkylation sites (tertiary alicyclic amines) is 1. The van der Waals surface area contributed by atoms with Gasteiger partial charge in [-0.25, -0.2) is 17.5 Å². The fourth-order valence-corrected chi connectivity index (χ4v) is 5.11. The zero-order chi connectivity index (χ0) is 18.6. The Morgan fingerprint density at radius 1 is 1.31 bits per heavy atom. The fraction of sp³-hybridized carbons (Fsp3) is 0.444. The van der Waals surface area contributed by atoms with Crippen molar-refractivity contribution in [2.45, 2.75) is 24.3 Å². The van der Waals surface area contributed by atoms with Crippen LogP contribution < -0.4 is 9.46 Å². The molecule has 1 aliphatic rings. The van der Waals surface area contributed by atoms with E-state index in [0.717, 1.165) is 38.5 Å².